The zero-order chi connectivity index (χ0) is 46.2. The predicted molar refractivity (Wildman–Crippen MR) is 284 cm³/mol. The van der Waals surface area contributed by atoms with Crippen LogP contribution < -0.4 is 0 Å². The van der Waals surface area contributed by atoms with E-state index in [1.54, 1.807) is 36.4 Å². The minimum absolute atomic E-state index is 0.248. The molecule has 0 amide bonds. The van der Waals surface area contributed by atoms with Crippen LogP contribution in [0.15, 0.2) is 218 Å². The standard InChI is InChI=1S/C66H42O3/c67-49-22-13-40(14-23-49)31-61-55-10-4-1-7-52(55)58-28-19-43(37-64(58)61)46-34-47(44-20-29-59-53-8-2-5-11-56(53)62(65(59)38-44)32-41-15-24-50(68)25-16-41)36-48(35-46)45-21-30-60-54-9-3-6-12-57(54)63(66(60)39-45)33-42-17-26-51(69)27-18-42/h1-39,67-69H/b61-31+,62-32+,63-33+. The quantitative estimate of drug-likeness (QED) is 0.156. The van der Waals surface area contributed by atoms with Crippen LogP contribution in [0, 0.1) is 0 Å². The molecule has 0 heterocycles. The fourth-order valence-electron chi connectivity index (χ4n) is 10.6. The van der Waals surface area contributed by atoms with Crippen molar-refractivity contribution in [1.29, 1.82) is 0 Å². The summed E-state index contributed by atoms with van der Waals surface area (Å²) in [5, 5.41) is 30.3. The Kier molecular flexibility index (Phi) is 9.31. The summed E-state index contributed by atoms with van der Waals surface area (Å²) in [4.78, 5) is 0. The molecule has 3 nitrogen and oxygen atoms in total. The van der Waals surface area contributed by atoms with Gasteiger partial charge in [-0.25, -0.2) is 0 Å². The highest BCUT2D eigenvalue weighted by Gasteiger charge is 2.27. The van der Waals surface area contributed by atoms with Crippen LogP contribution in [0.2, 0.25) is 0 Å². The van der Waals surface area contributed by atoms with E-state index in [1.165, 1.54) is 66.8 Å². The van der Waals surface area contributed by atoms with E-state index in [9.17, 15) is 15.3 Å². The molecule has 10 aromatic carbocycles. The smallest absolute Gasteiger partial charge is 0.115 e. The minimum atomic E-state index is 0.248. The fraction of sp³-hybridized carbons (Fsp3) is 0. The molecule has 3 heteroatoms. The first-order chi connectivity index (χ1) is 33.9. The molecule has 0 bridgehead atoms. The number of hydrogen-bond acceptors (Lipinski definition) is 3. The maximum absolute atomic E-state index is 10.1. The molecule has 324 valence electrons. The van der Waals surface area contributed by atoms with Crippen LogP contribution in [0.3, 0.4) is 0 Å². The van der Waals surface area contributed by atoms with Crippen LogP contribution >= 0.6 is 0 Å². The van der Waals surface area contributed by atoms with E-state index in [2.05, 4.69) is 164 Å². The second-order valence-corrected chi connectivity index (χ2v) is 18.2. The lowest BCUT2D eigenvalue weighted by Crippen LogP contribution is -1.90. The Hall–Kier alpha value is -9.18. The van der Waals surface area contributed by atoms with Gasteiger partial charge in [-0.15, -0.1) is 0 Å². The molecule has 13 rings (SSSR count). The average molecular weight is 883 g/mol. The number of fused-ring (bicyclic) bond motifs is 9. The van der Waals surface area contributed by atoms with Crippen LogP contribution in [0.4, 0.5) is 0 Å². The number of phenolic OH excluding ortho intramolecular Hbond substituents is 3. The highest BCUT2D eigenvalue weighted by molar-refractivity contribution is 6.10. The molecule has 69 heavy (non-hydrogen) atoms. The zero-order valence-electron chi connectivity index (χ0n) is 37.4. The fourth-order valence-corrected chi connectivity index (χ4v) is 10.6. The third-order valence-corrected chi connectivity index (χ3v) is 14.0. The predicted octanol–water partition coefficient (Wildman–Crippen LogP) is 16.5. The molecule has 3 aliphatic carbocycles. The van der Waals surface area contributed by atoms with Crippen molar-refractivity contribution in [2.24, 2.45) is 0 Å². The molecular weight excluding hydrogens is 841 g/mol. The molecule has 0 unspecified atom stereocenters. The van der Waals surface area contributed by atoms with Gasteiger partial charge in [-0.2, -0.15) is 0 Å². The van der Waals surface area contributed by atoms with Crippen molar-refractivity contribution in [3.63, 3.8) is 0 Å². The minimum Gasteiger partial charge on any atom is -0.508 e. The number of benzene rings is 10. The molecule has 0 atom stereocenters. The van der Waals surface area contributed by atoms with Crippen LogP contribution in [0.1, 0.15) is 50.1 Å². The Bertz CT molecular complexity index is 3420. The van der Waals surface area contributed by atoms with Gasteiger partial charge in [0.05, 0.1) is 0 Å². The summed E-state index contributed by atoms with van der Waals surface area (Å²) >= 11 is 0. The molecule has 0 spiro atoms. The van der Waals surface area contributed by atoms with Gasteiger partial charge in [0.15, 0.2) is 0 Å². The third kappa shape index (κ3) is 6.99. The Morgan fingerprint density at radius 1 is 0.203 bits per heavy atom. The Morgan fingerprint density at radius 2 is 0.449 bits per heavy atom. The normalized spacial score (nSPS) is 14.3. The molecule has 10 aromatic rings. The summed E-state index contributed by atoms with van der Waals surface area (Å²) in [6.07, 6.45) is 6.69. The molecule has 0 fully saturated rings. The number of rotatable bonds is 6. The Labute approximate surface area is 400 Å². The van der Waals surface area contributed by atoms with E-state index in [1.807, 2.05) is 36.4 Å². The van der Waals surface area contributed by atoms with Gasteiger partial charge in [0.1, 0.15) is 17.2 Å². The first kappa shape index (κ1) is 40.1. The van der Waals surface area contributed by atoms with E-state index in [0.717, 1.165) is 66.8 Å². The summed E-state index contributed by atoms with van der Waals surface area (Å²) in [5.74, 6) is 0.743. The van der Waals surface area contributed by atoms with Crippen LogP contribution in [0.5, 0.6) is 17.2 Å². The largest absolute Gasteiger partial charge is 0.508 e. The van der Waals surface area contributed by atoms with E-state index < -0.39 is 0 Å². The molecule has 3 aliphatic rings. The summed E-state index contributed by atoms with van der Waals surface area (Å²) < 4.78 is 0. The van der Waals surface area contributed by atoms with Gasteiger partial charge >= 0.3 is 0 Å². The first-order valence-corrected chi connectivity index (χ1v) is 23.3. The molecule has 0 saturated carbocycles. The maximum Gasteiger partial charge on any atom is 0.115 e. The van der Waals surface area contributed by atoms with E-state index in [-0.39, 0.29) is 17.2 Å². The van der Waals surface area contributed by atoms with E-state index in [0.29, 0.717) is 0 Å². The van der Waals surface area contributed by atoms with Crippen LogP contribution in [0.25, 0.3) is 102 Å². The van der Waals surface area contributed by atoms with Crippen molar-refractivity contribution < 1.29 is 15.3 Å². The Balaban J connectivity index is 0.995. The summed E-state index contributed by atoms with van der Waals surface area (Å²) in [6, 6.07) is 75.7. The topological polar surface area (TPSA) is 60.7 Å². The molecule has 3 N–H and O–H groups in total. The van der Waals surface area contributed by atoms with Crippen molar-refractivity contribution in [1.82, 2.24) is 0 Å². The molecule has 0 radical (unpaired) electrons. The molecule has 0 saturated heterocycles. The van der Waals surface area contributed by atoms with Gasteiger partial charge in [-0.3, -0.25) is 0 Å². The molecule has 0 aliphatic heterocycles. The summed E-state index contributed by atoms with van der Waals surface area (Å²) in [7, 11) is 0. The van der Waals surface area contributed by atoms with Crippen molar-refractivity contribution >= 4 is 34.9 Å². The van der Waals surface area contributed by atoms with Gasteiger partial charge in [0.25, 0.3) is 0 Å². The first-order valence-electron chi connectivity index (χ1n) is 23.3. The monoisotopic (exact) mass is 882 g/mol. The van der Waals surface area contributed by atoms with E-state index >= 15 is 0 Å². The second kappa shape index (κ2) is 16.0. The van der Waals surface area contributed by atoms with Gasteiger partial charge in [-0.05, 0) is 225 Å². The third-order valence-electron chi connectivity index (χ3n) is 14.0. The van der Waals surface area contributed by atoms with Gasteiger partial charge in [-0.1, -0.05) is 146 Å². The van der Waals surface area contributed by atoms with Crippen LogP contribution in [-0.2, 0) is 0 Å². The highest BCUT2D eigenvalue weighted by atomic mass is 16.3. The van der Waals surface area contributed by atoms with Gasteiger partial charge in [0, 0.05) is 0 Å². The lowest BCUT2D eigenvalue weighted by atomic mass is 9.89. The van der Waals surface area contributed by atoms with Crippen LogP contribution in [-0.4, -0.2) is 15.3 Å². The van der Waals surface area contributed by atoms with E-state index in [4.69, 9.17) is 0 Å². The summed E-state index contributed by atoms with van der Waals surface area (Å²) in [5.41, 5.74) is 27.5. The highest BCUT2D eigenvalue weighted by Crippen LogP contribution is 2.50. The van der Waals surface area contributed by atoms with Crippen molar-refractivity contribution in [2.75, 3.05) is 0 Å². The maximum atomic E-state index is 10.1. The van der Waals surface area contributed by atoms with Crippen molar-refractivity contribution in [3.8, 4) is 84.0 Å². The molecular formula is C66H42O3. The van der Waals surface area contributed by atoms with Gasteiger partial charge < -0.3 is 15.3 Å². The van der Waals surface area contributed by atoms with Gasteiger partial charge in [0.2, 0.25) is 0 Å². The number of aromatic hydroxyl groups is 3. The Morgan fingerprint density at radius 3 is 0.725 bits per heavy atom. The van der Waals surface area contributed by atoms with Crippen molar-refractivity contribution in [2.45, 2.75) is 0 Å². The number of phenols is 3. The number of hydrogen-bond donors (Lipinski definition) is 3. The molecule has 0 aromatic heterocycles. The second-order valence-electron chi connectivity index (χ2n) is 18.2. The lowest BCUT2D eigenvalue weighted by molar-refractivity contribution is 0.474. The van der Waals surface area contributed by atoms with Crippen molar-refractivity contribution in [3.05, 3.63) is 268 Å². The summed E-state index contributed by atoms with van der Waals surface area (Å²) in [6.45, 7) is 0. The zero-order valence-corrected chi connectivity index (χ0v) is 37.4. The lowest BCUT2D eigenvalue weighted by Gasteiger charge is -2.15. The SMILES string of the molecule is Oc1ccc(/C=C2\c3ccccc3-c3ccc(-c4cc(-c5ccc6c(c5)/C(=C/c5ccc(O)cc5)c5ccccc5-6)cc(-c5ccc6c(c5)/C(=C/c5ccc(O)cc5)c5ccccc5-6)c4)cc32)cc1. The average Bonchev–Trinajstić information content (AvgIpc) is 4.00.